The first-order valence-electron chi connectivity index (χ1n) is 6.70. The Morgan fingerprint density at radius 3 is 2.18 bits per heavy atom. The van der Waals surface area contributed by atoms with Crippen molar-refractivity contribution in [2.45, 2.75) is 57.9 Å². The smallest absolute Gasteiger partial charge is 0.115 e. The highest BCUT2D eigenvalue weighted by molar-refractivity contribution is 5.32. The number of unbranched alkanes of at least 4 members (excludes halogenated alkanes) is 2. The largest absolute Gasteiger partial charge is 0.508 e. The molecule has 0 saturated heterocycles. The fourth-order valence-corrected chi connectivity index (χ4v) is 2.21. The Hall–Kier alpha value is -1.02. The average molecular weight is 235 g/mol. The molecule has 1 aromatic carbocycles. The summed E-state index contributed by atoms with van der Waals surface area (Å²) in [6, 6.07) is 7.42. The Balaban J connectivity index is 2.87. The summed E-state index contributed by atoms with van der Waals surface area (Å²) in [5, 5.41) is 9.57. The molecule has 0 aromatic heterocycles. The number of hydrogen-bond donors (Lipinski definition) is 2. The molecule has 0 aliphatic heterocycles. The third-order valence-corrected chi connectivity index (χ3v) is 3.37. The van der Waals surface area contributed by atoms with E-state index in [-0.39, 0.29) is 5.54 Å². The first kappa shape index (κ1) is 14.0. The molecule has 0 atom stereocenters. The van der Waals surface area contributed by atoms with E-state index in [1.807, 2.05) is 18.2 Å². The van der Waals surface area contributed by atoms with Crippen LogP contribution in [-0.2, 0) is 5.54 Å². The van der Waals surface area contributed by atoms with Crippen LogP contribution < -0.4 is 5.73 Å². The standard InChI is InChI=1S/C15H25NO/c1-3-5-10-15(16,11-6-4-2)13-8-7-9-14(17)12-13/h7-9,12,17H,3-6,10-11,16H2,1-2H3. The molecule has 17 heavy (non-hydrogen) atoms. The second-order valence-corrected chi connectivity index (χ2v) is 4.91. The van der Waals surface area contributed by atoms with E-state index in [4.69, 9.17) is 5.73 Å². The summed E-state index contributed by atoms with van der Waals surface area (Å²) >= 11 is 0. The van der Waals surface area contributed by atoms with Crippen molar-refractivity contribution in [1.82, 2.24) is 0 Å². The van der Waals surface area contributed by atoms with Crippen LogP contribution >= 0.6 is 0 Å². The van der Waals surface area contributed by atoms with Gasteiger partial charge in [-0.25, -0.2) is 0 Å². The molecule has 2 nitrogen and oxygen atoms in total. The summed E-state index contributed by atoms with van der Waals surface area (Å²) in [6.07, 6.45) is 6.57. The van der Waals surface area contributed by atoms with Crippen LogP contribution in [0.25, 0.3) is 0 Å². The lowest BCUT2D eigenvalue weighted by molar-refractivity contribution is 0.351. The van der Waals surface area contributed by atoms with Gasteiger partial charge >= 0.3 is 0 Å². The fraction of sp³-hybridized carbons (Fsp3) is 0.600. The number of benzene rings is 1. The lowest BCUT2D eigenvalue weighted by Crippen LogP contribution is -2.36. The van der Waals surface area contributed by atoms with Gasteiger partial charge in [-0.05, 0) is 30.5 Å². The van der Waals surface area contributed by atoms with E-state index in [2.05, 4.69) is 13.8 Å². The van der Waals surface area contributed by atoms with Crippen LogP contribution in [0.3, 0.4) is 0 Å². The highest BCUT2D eigenvalue weighted by Crippen LogP contribution is 2.31. The first-order valence-corrected chi connectivity index (χ1v) is 6.70. The quantitative estimate of drug-likeness (QED) is 0.752. The van der Waals surface area contributed by atoms with Gasteiger partial charge in [-0.1, -0.05) is 51.7 Å². The second kappa shape index (κ2) is 6.65. The van der Waals surface area contributed by atoms with Gasteiger partial charge in [-0.3, -0.25) is 0 Å². The topological polar surface area (TPSA) is 46.2 Å². The number of rotatable bonds is 7. The van der Waals surface area contributed by atoms with Crippen molar-refractivity contribution in [2.24, 2.45) is 5.73 Å². The van der Waals surface area contributed by atoms with Gasteiger partial charge in [0.15, 0.2) is 0 Å². The number of phenolic OH excluding ortho intramolecular Hbond substituents is 1. The van der Waals surface area contributed by atoms with Crippen LogP contribution in [0.5, 0.6) is 5.75 Å². The predicted molar refractivity (Wildman–Crippen MR) is 73.0 cm³/mol. The summed E-state index contributed by atoms with van der Waals surface area (Å²) in [5.74, 6) is 0.310. The molecular weight excluding hydrogens is 210 g/mol. The van der Waals surface area contributed by atoms with E-state index in [0.29, 0.717) is 5.75 Å². The van der Waals surface area contributed by atoms with Crippen molar-refractivity contribution >= 4 is 0 Å². The van der Waals surface area contributed by atoms with Crippen LogP contribution in [0.15, 0.2) is 24.3 Å². The van der Waals surface area contributed by atoms with Crippen molar-refractivity contribution in [2.75, 3.05) is 0 Å². The molecule has 0 saturated carbocycles. The Bertz CT molecular complexity index is 327. The van der Waals surface area contributed by atoms with E-state index >= 15 is 0 Å². The summed E-state index contributed by atoms with van der Waals surface area (Å²) < 4.78 is 0. The maximum Gasteiger partial charge on any atom is 0.115 e. The molecule has 0 bridgehead atoms. The number of aromatic hydroxyl groups is 1. The van der Waals surface area contributed by atoms with Crippen LogP contribution in [0.2, 0.25) is 0 Å². The van der Waals surface area contributed by atoms with Crippen molar-refractivity contribution in [3.63, 3.8) is 0 Å². The molecule has 0 fully saturated rings. The highest BCUT2D eigenvalue weighted by atomic mass is 16.3. The molecule has 96 valence electrons. The Morgan fingerprint density at radius 1 is 1.12 bits per heavy atom. The van der Waals surface area contributed by atoms with Crippen LogP contribution in [0, 0.1) is 0 Å². The lowest BCUT2D eigenvalue weighted by atomic mass is 9.81. The molecule has 0 aliphatic rings. The second-order valence-electron chi connectivity index (χ2n) is 4.91. The average Bonchev–Trinajstić information content (AvgIpc) is 2.34. The maximum atomic E-state index is 9.57. The summed E-state index contributed by atoms with van der Waals surface area (Å²) in [6.45, 7) is 4.37. The van der Waals surface area contributed by atoms with Crippen LogP contribution in [0.1, 0.15) is 57.9 Å². The Kier molecular flexibility index (Phi) is 5.49. The third kappa shape index (κ3) is 4.04. The molecular formula is C15H25NO. The number of nitrogens with two attached hydrogens (primary N) is 1. The lowest BCUT2D eigenvalue weighted by Gasteiger charge is -2.30. The normalized spacial score (nSPS) is 11.7. The van der Waals surface area contributed by atoms with Gasteiger partial charge in [0, 0.05) is 5.54 Å². The van der Waals surface area contributed by atoms with E-state index < -0.39 is 0 Å². The zero-order valence-electron chi connectivity index (χ0n) is 11.1. The van der Waals surface area contributed by atoms with Crippen molar-refractivity contribution in [3.05, 3.63) is 29.8 Å². The van der Waals surface area contributed by atoms with E-state index in [1.54, 1.807) is 6.07 Å². The van der Waals surface area contributed by atoms with Crippen molar-refractivity contribution in [3.8, 4) is 5.75 Å². The van der Waals surface area contributed by atoms with Gasteiger partial charge < -0.3 is 10.8 Å². The summed E-state index contributed by atoms with van der Waals surface area (Å²) in [7, 11) is 0. The van der Waals surface area contributed by atoms with Gasteiger partial charge in [0.25, 0.3) is 0 Å². The molecule has 3 N–H and O–H groups in total. The molecule has 0 amide bonds. The van der Waals surface area contributed by atoms with Gasteiger partial charge in [0.2, 0.25) is 0 Å². The van der Waals surface area contributed by atoms with Crippen LogP contribution in [-0.4, -0.2) is 5.11 Å². The molecule has 0 aliphatic carbocycles. The Labute approximate surface area is 105 Å². The first-order chi connectivity index (χ1) is 8.12. The molecule has 0 heterocycles. The molecule has 1 aromatic rings. The summed E-state index contributed by atoms with van der Waals surface area (Å²) in [5.41, 5.74) is 7.35. The summed E-state index contributed by atoms with van der Waals surface area (Å²) in [4.78, 5) is 0. The predicted octanol–water partition coefficient (Wildman–Crippen LogP) is 3.93. The molecule has 2 heteroatoms. The van der Waals surface area contributed by atoms with Gasteiger partial charge in [-0.15, -0.1) is 0 Å². The van der Waals surface area contributed by atoms with Crippen LogP contribution in [0.4, 0.5) is 0 Å². The van der Waals surface area contributed by atoms with E-state index in [0.717, 1.165) is 44.1 Å². The SMILES string of the molecule is CCCCC(N)(CCCC)c1cccc(O)c1. The third-order valence-electron chi connectivity index (χ3n) is 3.37. The van der Waals surface area contributed by atoms with E-state index in [9.17, 15) is 5.11 Å². The zero-order valence-corrected chi connectivity index (χ0v) is 11.1. The van der Waals surface area contributed by atoms with Gasteiger partial charge in [0.1, 0.15) is 5.75 Å². The van der Waals surface area contributed by atoms with Gasteiger partial charge in [-0.2, -0.15) is 0 Å². The monoisotopic (exact) mass is 235 g/mol. The number of hydrogen-bond acceptors (Lipinski definition) is 2. The molecule has 1 rings (SSSR count). The maximum absolute atomic E-state index is 9.57. The van der Waals surface area contributed by atoms with Crippen molar-refractivity contribution in [1.29, 1.82) is 0 Å². The van der Waals surface area contributed by atoms with Gasteiger partial charge in [0.05, 0.1) is 0 Å². The molecule has 0 radical (unpaired) electrons. The minimum absolute atomic E-state index is 0.273. The highest BCUT2D eigenvalue weighted by Gasteiger charge is 2.26. The van der Waals surface area contributed by atoms with E-state index in [1.165, 1.54) is 0 Å². The fourth-order valence-electron chi connectivity index (χ4n) is 2.21. The molecule has 0 spiro atoms. The number of phenols is 1. The Morgan fingerprint density at radius 2 is 1.71 bits per heavy atom. The minimum Gasteiger partial charge on any atom is -0.508 e. The van der Waals surface area contributed by atoms with Crippen molar-refractivity contribution < 1.29 is 5.11 Å². The zero-order chi connectivity index (χ0) is 12.7. The minimum atomic E-state index is -0.273. The molecule has 0 unspecified atom stereocenters.